The summed E-state index contributed by atoms with van der Waals surface area (Å²) < 4.78 is 5.94. The minimum atomic E-state index is 0.0333. The molecule has 3 unspecified atom stereocenters. The van der Waals surface area contributed by atoms with E-state index in [9.17, 15) is 4.79 Å². The van der Waals surface area contributed by atoms with Gasteiger partial charge in [-0.2, -0.15) is 0 Å². The van der Waals surface area contributed by atoms with Crippen LogP contribution in [0.5, 0.6) is 0 Å². The lowest BCUT2D eigenvalue weighted by atomic mass is 9.85. The third-order valence-corrected chi connectivity index (χ3v) is 5.74. The Labute approximate surface area is 134 Å². The van der Waals surface area contributed by atoms with Gasteiger partial charge in [-0.25, -0.2) is 0 Å². The van der Waals surface area contributed by atoms with E-state index in [0.717, 1.165) is 12.3 Å². The Bertz CT molecular complexity index is 339. The molecular formula is C18H32N2O2. The number of fused-ring (bicyclic) bond motifs is 1. The zero-order valence-corrected chi connectivity index (χ0v) is 13.8. The molecule has 4 heteroatoms. The third-order valence-electron chi connectivity index (χ3n) is 5.74. The number of ether oxygens (including phenoxy) is 1. The molecule has 0 aromatic carbocycles. The molecule has 0 aromatic heterocycles. The van der Waals surface area contributed by atoms with Gasteiger partial charge in [-0.05, 0) is 38.0 Å². The van der Waals surface area contributed by atoms with Crippen molar-refractivity contribution in [3.8, 4) is 0 Å². The fourth-order valence-corrected chi connectivity index (χ4v) is 4.45. The normalized spacial score (nSPS) is 33.2. The summed E-state index contributed by atoms with van der Waals surface area (Å²) in [6, 6.07) is 0.623. The number of carbonyl (C=O) groups excluding carboxylic acids is 1. The lowest BCUT2D eigenvalue weighted by Crippen LogP contribution is -2.44. The van der Waals surface area contributed by atoms with Crippen LogP contribution < -0.4 is 10.6 Å². The second-order valence-corrected chi connectivity index (χ2v) is 7.38. The Morgan fingerprint density at radius 3 is 2.50 bits per heavy atom. The van der Waals surface area contributed by atoms with Crippen molar-refractivity contribution in [2.75, 3.05) is 13.2 Å². The first-order chi connectivity index (χ1) is 10.8. The molecule has 2 N–H and O–H groups in total. The first kappa shape index (κ1) is 16.3. The number of amides is 1. The van der Waals surface area contributed by atoms with Gasteiger partial charge in [-0.1, -0.05) is 38.5 Å². The molecule has 3 atom stereocenters. The summed E-state index contributed by atoms with van der Waals surface area (Å²) in [4.78, 5) is 12.3. The van der Waals surface area contributed by atoms with E-state index in [1.165, 1.54) is 64.2 Å². The number of hydrogen-bond donors (Lipinski definition) is 2. The third kappa shape index (κ3) is 4.45. The van der Waals surface area contributed by atoms with E-state index in [0.29, 0.717) is 25.3 Å². The van der Waals surface area contributed by atoms with Crippen LogP contribution in [-0.4, -0.2) is 37.2 Å². The molecule has 0 aromatic rings. The van der Waals surface area contributed by atoms with Crippen molar-refractivity contribution in [3.63, 3.8) is 0 Å². The van der Waals surface area contributed by atoms with E-state index in [4.69, 9.17) is 4.74 Å². The van der Waals surface area contributed by atoms with Crippen LogP contribution in [-0.2, 0) is 9.53 Å². The van der Waals surface area contributed by atoms with Gasteiger partial charge in [-0.15, -0.1) is 0 Å². The van der Waals surface area contributed by atoms with Crippen molar-refractivity contribution in [2.45, 2.75) is 88.8 Å². The predicted molar refractivity (Wildman–Crippen MR) is 87.7 cm³/mol. The molecule has 3 aliphatic rings. The smallest absolute Gasteiger partial charge is 0.237 e. The van der Waals surface area contributed by atoms with Crippen molar-refractivity contribution in [1.29, 1.82) is 0 Å². The molecule has 3 rings (SSSR count). The van der Waals surface area contributed by atoms with Gasteiger partial charge in [-0.3, -0.25) is 4.79 Å². The zero-order chi connectivity index (χ0) is 15.2. The number of nitrogens with one attached hydrogen (secondary N) is 2. The SMILES string of the molecule is O=C(NCCOC1CCCCCC1)C1CC2CCCCC2N1. The lowest BCUT2D eigenvalue weighted by molar-refractivity contribution is -0.123. The van der Waals surface area contributed by atoms with Gasteiger partial charge >= 0.3 is 0 Å². The van der Waals surface area contributed by atoms with Gasteiger partial charge in [0.1, 0.15) is 0 Å². The first-order valence-electron chi connectivity index (χ1n) is 9.48. The molecule has 2 saturated carbocycles. The summed E-state index contributed by atoms with van der Waals surface area (Å²) in [5.74, 6) is 0.908. The Kier molecular flexibility index (Phi) is 6.13. The first-order valence-corrected chi connectivity index (χ1v) is 9.48. The second-order valence-electron chi connectivity index (χ2n) is 7.38. The van der Waals surface area contributed by atoms with E-state index < -0.39 is 0 Å². The molecule has 22 heavy (non-hydrogen) atoms. The highest BCUT2D eigenvalue weighted by molar-refractivity contribution is 5.82. The summed E-state index contributed by atoms with van der Waals surface area (Å²) in [5, 5.41) is 6.60. The van der Waals surface area contributed by atoms with Crippen LogP contribution in [0.25, 0.3) is 0 Å². The minimum Gasteiger partial charge on any atom is -0.376 e. The number of rotatable bonds is 5. The Hall–Kier alpha value is -0.610. The summed E-state index contributed by atoms with van der Waals surface area (Å²) in [6.07, 6.45) is 14.3. The molecule has 0 bridgehead atoms. The molecule has 1 saturated heterocycles. The van der Waals surface area contributed by atoms with Crippen LogP contribution in [0, 0.1) is 5.92 Å². The maximum Gasteiger partial charge on any atom is 0.237 e. The van der Waals surface area contributed by atoms with Crippen molar-refractivity contribution in [2.24, 2.45) is 5.92 Å². The van der Waals surface area contributed by atoms with Crippen LogP contribution >= 0.6 is 0 Å². The number of hydrogen-bond acceptors (Lipinski definition) is 3. The van der Waals surface area contributed by atoms with Crippen LogP contribution in [0.4, 0.5) is 0 Å². The Morgan fingerprint density at radius 2 is 1.73 bits per heavy atom. The quantitative estimate of drug-likeness (QED) is 0.606. The summed E-state index contributed by atoms with van der Waals surface area (Å²) in [5.41, 5.74) is 0. The minimum absolute atomic E-state index is 0.0333. The lowest BCUT2D eigenvalue weighted by Gasteiger charge is -2.24. The van der Waals surface area contributed by atoms with Crippen molar-refractivity contribution in [1.82, 2.24) is 10.6 Å². The van der Waals surface area contributed by atoms with Crippen LogP contribution in [0.2, 0.25) is 0 Å². The average Bonchev–Trinajstić information content (AvgIpc) is 2.81. The summed E-state index contributed by atoms with van der Waals surface area (Å²) in [7, 11) is 0. The summed E-state index contributed by atoms with van der Waals surface area (Å²) >= 11 is 0. The van der Waals surface area contributed by atoms with Crippen molar-refractivity contribution < 1.29 is 9.53 Å². The topological polar surface area (TPSA) is 50.4 Å². The Balaban J connectivity index is 1.31. The highest BCUT2D eigenvalue weighted by atomic mass is 16.5. The van der Waals surface area contributed by atoms with E-state index in [-0.39, 0.29) is 11.9 Å². The largest absolute Gasteiger partial charge is 0.376 e. The predicted octanol–water partition coefficient (Wildman–Crippen LogP) is 2.76. The maximum absolute atomic E-state index is 12.3. The summed E-state index contributed by atoms with van der Waals surface area (Å²) in [6.45, 7) is 1.32. The van der Waals surface area contributed by atoms with Crippen LogP contribution in [0.3, 0.4) is 0 Å². The van der Waals surface area contributed by atoms with Gasteiger partial charge in [0, 0.05) is 12.6 Å². The highest BCUT2D eigenvalue weighted by Crippen LogP contribution is 2.33. The molecule has 1 heterocycles. The molecule has 1 amide bonds. The molecule has 3 fully saturated rings. The number of carbonyl (C=O) groups is 1. The fraction of sp³-hybridized carbons (Fsp3) is 0.944. The maximum atomic E-state index is 12.3. The van der Waals surface area contributed by atoms with Crippen molar-refractivity contribution in [3.05, 3.63) is 0 Å². The van der Waals surface area contributed by atoms with Gasteiger partial charge in [0.25, 0.3) is 0 Å². The standard InChI is InChI=1S/C18H32N2O2/c21-18(17-13-14-7-5-6-10-16(14)20-17)19-11-12-22-15-8-3-1-2-4-9-15/h14-17,20H,1-13H2,(H,19,21). The molecule has 2 aliphatic carbocycles. The average molecular weight is 308 g/mol. The second kappa shape index (κ2) is 8.30. The van der Waals surface area contributed by atoms with Crippen LogP contribution in [0.15, 0.2) is 0 Å². The zero-order valence-electron chi connectivity index (χ0n) is 13.8. The van der Waals surface area contributed by atoms with Gasteiger partial charge in [0.05, 0.1) is 18.8 Å². The molecule has 0 radical (unpaired) electrons. The van der Waals surface area contributed by atoms with Crippen LogP contribution in [0.1, 0.15) is 70.6 Å². The van der Waals surface area contributed by atoms with E-state index in [1.807, 2.05) is 0 Å². The Morgan fingerprint density at radius 1 is 1.00 bits per heavy atom. The molecule has 1 aliphatic heterocycles. The van der Waals surface area contributed by atoms with E-state index in [2.05, 4.69) is 10.6 Å². The monoisotopic (exact) mass is 308 g/mol. The highest BCUT2D eigenvalue weighted by Gasteiger charge is 2.37. The molecular weight excluding hydrogens is 276 g/mol. The molecule has 126 valence electrons. The molecule has 0 spiro atoms. The van der Waals surface area contributed by atoms with Crippen molar-refractivity contribution >= 4 is 5.91 Å². The van der Waals surface area contributed by atoms with Gasteiger partial charge < -0.3 is 15.4 Å². The molecule has 4 nitrogen and oxygen atoms in total. The van der Waals surface area contributed by atoms with E-state index >= 15 is 0 Å². The van der Waals surface area contributed by atoms with Gasteiger partial charge in [0.15, 0.2) is 0 Å². The fourth-order valence-electron chi connectivity index (χ4n) is 4.45. The van der Waals surface area contributed by atoms with E-state index in [1.54, 1.807) is 0 Å². The van der Waals surface area contributed by atoms with Gasteiger partial charge in [0.2, 0.25) is 5.91 Å².